The Morgan fingerprint density at radius 3 is 2.18 bits per heavy atom. The van der Waals surface area contributed by atoms with Crippen LogP contribution in [0.2, 0.25) is 0 Å². The molecular formula is C13H22O4. The molecule has 0 aromatic heterocycles. The predicted molar refractivity (Wildman–Crippen MR) is 64.4 cm³/mol. The van der Waals surface area contributed by atoms with E-state index in [-0.39, 0.29) is 11.5 Å². The van der Waals surface area contributed by atoms with Crippen LogP contribution in [0.5, 0.6) is 0 Å². The zero-order valence-electron chi connectivity index (χ0n) is 10.9. The molecule has 0 spiro atoms. The molecule has 1 aliphatic carbocycles. The van der Waals surface area contributed by atoms with E-state index in [0.29, 0.717) is 19.0 Å². The van der Waals surface area contributed by atoms with Crippen molar-refractivity contribution in [2.75, 3.05) is 13.2 Å². The Bertz CT molecular complexity index is 305. The van der Waals surface area contributed by atoms with Crippen molar-refractivity contribution in [1.82, 2.24) is 0 Å². The first-order valence-corrected chi connectivity index (χ1v) is 6.33. The Balaban J connectivity index is 2.59. The lowest BCUT2D eigenvalue weighted by Crippen LogP contribution is -2.50. The number of aliphatic hydroxyl groups is 1. The van der Waals surface area contributed by atoms with E-state index in [1.54, 1.807) is 0 Å². The van der Waals surface area contributed by atoms with Gasteiger partial charge in [0.15, 0.2) is 11.4 Å². The lowest BCUT2D eigenvalue weighted by molar-refractivity contribution is -0.145. The molecule has 1 N–H and O–H groups in total. The molecule has 4 heteroatoms. The maximum Gasteiger partial charge on any atom is 0.240 e. The van der Waals surface area contributed by atoms with Gasteiger partial charge in [0, 0.05) is 0 Å². The summed E-state index contributed by atoms with van der Waals surface area (Å²) >= 11 is 0. The molecule has 1 aliphatic rings. The SMILES string of the molecule is CCCCOC1=C(OCCCC)C(C)(O)C1=O. The summed E-state index contributed by atoms with van der Waals surface area (Å²) in [5, 5.41) is 9.86. The van der Waals surface area contributed by atoms with Gasteiger partial charge >= 0.3 is 0 Å². The van der Waals surface area contributed by atoms with Crippen LogP contribution in [0, 0.1) is 0 Å². The minimum absolute atomic E-state index is 0.208. The summed E-state index contributed by atoms with van der Waals surface area (Å²) in [7, 11) is 0. The molecule has 0 radical (unpaired) electrons. The van der Waals surface area contributed by atoms with Crippen molar-refractivity contribution in [3.63, 3.8) is 0 Å². The molecule has 0 heterocycles. The molecule has 0 fully saturated rings. The summed E-state index contributed by atoms with van der Waals surface area (Å²) in [6.07, 6.45) is 3.80. The number of Topliss-reactive ketones (excluding diaryl/α,β-unsaturated/α-hetero) is 1. The van der Waals surface area contributed by atoms with Crippen LogP contribution in [0.25, 0.3) is 0 Å². The maximum absolute atomic E-state index is 11.6. The van der Waals surface area contributed by atoms with Crippen molar-refractivity contribution in [2.24, 2.45) is 0 Å². The number of ether oxygens (including phenoxy) is 2. The molecule has 0 saturated heterocycles. The lowest BCUT2D eigenvalue weighted by atomic mass is 9.85. The normalized spacial score (nSPS) is 23.6. The molecule has 4 nitrogen and oxygen atoms in total. The molecule has 0 aromatic rings. The van der Waals surface area contributed by atoms with Crippen molar-refractivity contribution < 1.29 is 19.4 Å². The van der Waals surface area contributed by atoms with Crippen LogP contribution in [-0.4, -0.2) is 29.7 Å². The first kappa shape index (κ1) is 14.0. The maximum atomic E-state index is 11.6. The van der Waals surface area contributed by atoms with Crippen LogP contribution in [0.3, 0.4) is 0 Å². The topological polar surface area (TPSA) is 55.8 Å². The molecule has 1 unspecified atom stereocenters. The van der Waals surface area contributed by atoms with Gasteiger partial charge in [0.2, 0.25) is 11.5 Å². The number of ketones is 1. The lowest BCUT2D eigenvalue weighted by Gasteiger charge is -2.35. The van der Waals surface area contributed by atoms with E-state index in [2.05, 4.69) is 13.8 Å². The van der Waals surface area contributed by atoms with Crippen LogP contribution in [0.1, 0.15) is 46.5 Å². The molecule has 0 aromatic carbocycles. The number of carbonyl (C=O) groups excluding carboxylic acids is 1. The molecule has 0 saturated carbocycles. The second-order valence-electron chi connectivity index (χ2n) is 4.46. The molecule has 1 rings (SSSR count). The molecule has 98 valence electrons. The van der Waals surface area contributed by atoms with Gasteiger partial charge in [-0.05, 0) is 19.8 Å². The van der Waals surface area contributed by atoms with Crippen LogP contribution < -0.4 is 0 Å². The summed E-state index contributed by atoms with van der Waals surface area (Å²) < 4.78 is 10.8. The van der Waals surface area contributed by atoms with E-state index < -0.39 is 5.60 Å². The average molecular weight is 242 g/mol. The fraction of sp³-hybridized carbons (Fsp3) is 0.769. The van der Waals surface area contributed by atoms with Gasteiger partial charge in [0.25, 0.3) is 0 Å². The van der Waals surface area contributed by atoms with Crippen LogP contribution in [0.15, 0.2) is 11.5 Å². The molecule has 1 atom stereocenters. The molecule has 0 aliphatic heterocycles. The highest BCUT2D eigenvalue weighted by Gasteiger charge is 2.52. The second-order valence-corrected chi connectivity index (χ2v) is 4.46. The van der Waals surface area contributed by atoms with Crippen molar-refractivity contribution in [1.29, 1.82) is 0 Å². The van der Waals surface area contributed by atoms with Gasteiger partial charge in [-0.15, -0.1) is 0 Å². The number of hydrogen-bond acceptors (Lipinski definition) is 4. The van der Waals surface area contributed by atoms with Crippen LogP contribution >= 0.6 is 0 Å². The summed E-state index contributed by atoms with van der Waals surface area (Å²) in [6.45, 7) is 6.56. The van der Waals surface area contributed by atoms with Gasteiger partial charge in [0.1, 0.15) is 0 Å². The highest BCUT2D eigenvalue weighted by atomic mass is 16.5. The smallest absolute Gasteiger partial charge is 0.240 e. The summed E-state index contributed by atoms with van der Waals surface area (Å²) in [6, 6.07) is 0. The van der Waals surface area contributed by atoms with E-state index in [4.69, 9.17) is 9.47 Å². The van der Waals surface area contributed by atoms with Crippen molar-refractivity contribution in [3.8, 4) is 0 Å². The van der Waals surface area contributed by atoms with Gasteiger partial charge in [0.05, 0.1) is 13.2 Å². The second kappa shape index (κ2) is 6.05. The molecule has 0 bridgehead atoms. The zero-order chi connectivity index (χ0) is 12.9. The summed E-state index contributed by atoms with van der Waals surface area (Å²) in [5.74, 6) is 0.131. The number of hydrogen-bond donors (Lipinski definition) is 1. The third kappa shape index (κ3) is 3.00. The highest BCUT2D eigenvalue weighted by molar-refractivity contribution is 6.09. The fourth-order valence-electron chi connectivity index (χ4n) is 1.56. The fourth-order valence-corrected chi connectivity index (χ4v) is 1.56. The van der Waals surface area contributed by atoms with Crippen molar-refractivity contribution >= 4 is 5.78 Å². The van der Waals surface area contributed by atoms with E-state index in [1.165, 1.54) is 6.92 Å². The van der Waals surface area contributed by atoms with Crippen LogP contribution in [-0.2, 0) is 14.3 Å². The van der Waals surface area contributed by atoms with Crippen LogP contribution in [0.4, 0.5) is 0 Å². The molecule has 0 amide bonds. The van der Waals surface area contributed by atoms with E-state index in [0.717, 1.165) is 25.7 Å². The first-order valence-electron chi connectivity index (χ1n) is 6.33. The monoisotopic (exact) mass is 242 g/mol. The number of carbonyl (C=O) groups is 1. The molecule has 17 heavy (non-hydrogen) atoms. The van der Waals surface area contributed by atoms with E-state index >= 15 is 0 Å². The number of rotatable bonds is 8. The van der Waals surface area contributed by atoms with Gasteiger partial charge in [-0.2, -0.15) is 0 Å². The largest absolute Gasteiger partial charge is 0.490 e. The van der Waals surface area contributed by atoms with Gasteiger partial charge in [-0.25, -0.2) is 0 Å². The average Bonchev–Trinajstić information content (AvgIpc) is 2.31. The van der Waals surface area contributed by atoms with E-state index in [9.17, 15) is 9.90 Å². The Hall–Kier alpha value is -1.03. The third-order valence-corrected chi connectivity index (χ3v) is 2.79. The van der Waals surface area contributed by atoms with Gasteiger partial charge in [-0.1, -0.05) is 26.7 Å². The number of unbranched alkanes of at least 4 members (excludes halogenated alkanes) is 2. The predicted octanol–water partition coefficient (Wildman–Crippen LogP) is 2.17. The standard InChI is InChI=1S/C13H22O4/c1-4-6-8-16-10-11(14)13(3,15)12(10)17-9-7-5-2/h15H,4-9H2,1-3H3. The quantitative estimate of drug-likeness (QED) is 0.663. The van der Waals surface area contributed by atoms with Gasteiger partial charge in [-0.3, -0.25) is 4.79 Å². The first-order chi connectivity index (χ1) is 8.05. The van der Waals surface area contributed by atoms with Crippen molar-refractivity contribution in [2.45, 2.75) is 52.1 Å². The van der Waals surface area contributed by atoms with Gasteiger partial charge < -0.3 is 14.6 Å². The van der Waals surface area contributed by atoms with Crippen molar-refractivity contribution in [3.05, 3.63) is 11.5 Å². The Morgan fingerprint density at radius 2 is 1.65 bits per heavy atom. The minimum atomic E-state index is -1.49. The zero-order valence-corrected chi connectivity index (χ0v) is 10.9. The minimum Gasteiger partial charge on any atom is -0.490 e. The summed E-state index contributed by atoms with van der Waals surface area (Å²) in [4.78, 5) is 11.6. The summed E-state index contributed by atoms with van der Waals surface area (Å²) in [5.41, 5.74) is -1.49. The Morgan fingerprint density at radius 1 is 1.12 bits per heavy atom. The third-order valence-electron chi connectivity index (χ3n) is 2.79. The Kier molecular flexibility index (Phi) is 5.00. The highest BCUT2D eigenvalue weighted by Crippen LogP contribution is 2.36. The Labute approximate surface area is 103 Å². The molecular weight excluding hydrogens is 220 g/mol. The van der Waals surface area contributed by atoms with E-state index in [1.807, 2.05) is 0 Å².